The fourth-order valence-corrected chi connectivity index (χ4v) is 7.28. The van der Waals surface area contributed by atoms with E-state index in [1.807, 2.05) is 25.2 Å². The maximum Gasteiger partial charge on any atom is 0.0256 e. The predicted molar refractivity (Wildman–Crippen MR) is 172 cm³/mol. The minimum absolute atomic E-state index is 0.600. The van der Waals surface area contributed by atoms with Crippen LogP contribution in [0.4, 0.5) is 0 Å². The van der Waals surface area contributed by atoms with Crippen molar-refractivity contribution in [3.8, 4) is 0 Å². The summed E-state index contributed by atoms with van der Waals surface area (Å²) in [5, 5.41) is 2.95. The first-order chi connectivity index (χ1) is 17.6. The SMILES string of the molecule is C=C(C)C(c1cccs1)C1CCCS1.CC.CCCC(CC)CCC.CCCCCc1ccccc1. The summed E-state index contributed by atoms with van der Waals surface area (Å²) in [6, 6.07) is 15.1. The quantitative estimate of drug-likeness (QED) is 0.194. The number of benzene rings is 1. The van der Waals surface area contributed by atoms with Crippen LogP contribution in [0.5, 0.6) is 0 Å². The van der Waals surface area contributed by atoms with Crippen molar-refractivity contribution in [1.29, 1.82) is 0 Å². The summed E-state index contributed by atoms with van der Waals surface area (Å²) in [7, 11) is 0. The van der Waals surface area contributed by atoms with E-state index in [0.29, 0.717) is 5.92 Å². The van der Waals surface area contributed by atoms with Crippen molar-refractivity contribution >= 4 is 23.1 Å². The Kier molecular flexibility index (Phi) is 23.7. The van der Waals surface area contributed by atoms with E-state index in [0.717, 1.165) is 11.2 Å². The molecule has 0 bridgehead atoms. The molecule has 0 saturated carbocycles. The van der Waals surface area contributed by atoms with Crippen LogP contribution in [0.25, 0.3) is 0 Å². The van der Waals surface area contributed by atoms with E-state index in [-0.39, 0.29) is 0 Å². The number of rotatable bonds is 12. The minimum atomic E-state index is 0.600. The zero-order valence-electron chi connectivity index (χ0n) is 24.9. The highest BCUT2D eigenvalue weighted by molar-refractivity contribution is 8.00. The number of unbranched alkanes of at least 4 members (excludes halogenated alkanes) is 2. The molecule has 0 N–H and O–H groups in total. The van der Waals surface area contributed by atoms with Crippen LogP contribution in [0.15, 0.2) is 60.0 Å². The van der Waals surface area contributed by atoms with Crippen LogP contribution in [0, 0.1) is 5.92 Å². The van der Waals surface area contributed by atoms with Gasteiger partial charge in [0.05, 0.1) is 0 Å². The van der Waals surface area contributed by atoms with E-state index in [9.17, 15) is 0 Å². The molecule has 0 nitrogen and oxygen atoms in total. The summed E-state index contributed by atoms with van der Waals surface area (Å²) in [4.78, 5) is 1.50. The van der Waals surface area contributed by atoms with Crippen LogP contribution < -0.4 is 0 Å². The van der Waals surface area contributed by atoms with E-state index in [1.165, 1.54) is 92.4 Å². The molecule has 2 heterocycles. The van der Waals surface area contributed by atoms with Gasteiger partial charge >= 0.3 is 0 Å². The van der Waals surface area contributed by atoms with Gasteiger partial charge in [-0.3, -0.25) is 0 Å². The Morgan fingerprint density at radius 2 is 1.58 bits per heavy atom. The van der Waals surface area contributed by atoms with Gasteiger partial charge in [0.1, 0.15) is 0 Å². The Labute approximate surface area is 234 Å². The highest BCUT2D eigenvalue weighted by Gasteiger charge is 2.27. The van der Waals surface area contributed by atoms with Crippen LogP contribution in [0.3, 0.4) is 0 Å². The van der Waals surface area contributed by atoms with E-state index in [1.54, 1.807) is 0 Å². The maximum atomic E-state index is 4.15. The van der Waals surface area contributed by atoms with Gasteiger partial charge in [0.15, 0.2) is 0 Å². The van der Waals surface area contributed by atoms with E-state index in [4.69, 9.17) is 0 Å². The van der Waals surface area contributed by atoms with Crippen molar-refractivity contribution in [2.75, 3.05) is 5.75 Å². The average molecular weight is 531 g/mol. The normalized spacial score (nSPS) is 15.1. The summed E-state index contributed by atoms with van der Waals surface area (Å²) in [6.07, 6.45) is 15.0. The monoisotopic (exact) mass is 530 g/mol. The smallest absolute Gasteiger partial charge is 0.0256 e. The third kappa shape index (κ3) is 16.0. The van der Waals surface area contributed by atoms with Crippen LogP contribution in [-0.4, -0.2) is 11.0 Å². The second-order valence-corrected chi connectivity index (χ2v) is 12.0. The molecule has 2 aromatic rings. The Morgan fingerprint density at radius 1 is 0.917 bits per heavy atom. The van der Waals surface area contributed by atoms with Gasteiger partial charge in [-0.15, -0.1) is 11.3 Å². The van der Waals surface area contributed by atoms with Gasteiger partial charge in [-0.2, -0.15) is 11.8 Å². The third-order valence-electron chi connectivity index (χ3n) is 6.60. The van der Waals surface area contributed by atoms with E-state index >= 15 is 0 Å². The van der Waals surface area contributed by atoms with Crippen molar-refractivity contribution in [2.45, 2.75) is 130 Å². The highest BCUT2D eigenvalue weighted by atomic mass is 32.2. The number of aryl methyl sites for hydroxylation is 1. The molecule has 0 amide bonds. The van der Waals surface area contributed by atoms with Gasteiger partial charge in [-0.1, -0.05) is 135 Å². The first-order valence-electron chi connectivity index (χ1n) is 14.9. The van der Waals surface area contributed by atoms with Gasteiger partial charge < -0.3 is 0 Å². The molecule has 0 radical (unpaired) electrons. The van der Waals surface area contributed by atoms with Gasteiger partial charge in [0.2, 0.25) is 0 Å². The Morgan fingerprint density at radius 3 is 2.03 bits per heavy atom. The maximum absolute atomic E-state index is 4.15. The van der Waals surface area contributed by atoms with Crippen molar-refractivity contribution in [1.82, 2.24) is 0 Å². The molecule has 2 unspecified atom stereocenters. The van der Waals surface area contributed by atoms with Crippen LogP contribution in [0.2, 0.25) is 0 Å². The fraction of sp³-hybridized carbons (Fsp3) is 0.647. The molecule has 0 aliphatic carbocycles. The second-order valence-electron chi connectivity index (χ2n) is 9.69. The van der Waals surface area contributed by atoms with Gasteiger partial charge in [0, 0.05) is 16.0 Å². The predicted octanol–water partition coefficient (Wildman–Crippen LogP) is 12.4. The Bertz CT molecular complexity index is 692. The number of hydrogen-bond acceptors (Lipinski definition) is 2. The molecule has 206 valence electrons. The third-order valence-corrected chi connectivity index (χ3v) is 9.02. The molecule has 1 saturated heterocycles. The average Bonchev–Trinajstić information content (AvgIpc) is 3.62. The lowest BCUT2D eigenvalue weighted by molar-refractivity contribution is 0.427. The molecule has 1 fully saturated rings. The van der Waals surface area contributed by atoms with Gasteiger partial charge in [-0.25, -0.2) is 0 Å². The van der Waals surface area contributed by atoms with Crippen molar-refractivity contribution in [3.63, 3.8) is 0 Å². The molecular weight excluding hydrogens is 473 g/mol. The molecule has 1 aliphatic heterocycles. The lowest BCUT2D eigenvalue weighted by Gasteiger charge is -2.21. The van der Waals surface area contributed by atoms with E-state index in [2.05, 4.69) is 101 Å². The largest absolute Gasteiger partial charge is 0.158 e. The van der Waals surface area contributed by atoms with Gasteiger partial charge in [0.25, 0.3) is 0 Å². The molecule has 1 aromatic carbocycles. The summed E-state index contributed by atoms with van der Waals surface area (Å²) in [6.45, 7) is 19.4. The molecule has 2 atom stereocenters. The second kappa shape index (κ2) is 24.4. The zero-order chi connectivity index (χ0) is 27.0. The van der Waals surface area contributed by atoms with Crippen molar-refractivity contribution < 1.29 is 0 Å². The molecule has 1 aliphatic rings. The van der Waals surface area contributed by atoms with Crippen molar-refractivity contribution in [2.24, 2.45) is 5.92 Å². The standard InChI is InChI=1S/C12H16S2.C11H16.C9H20.C2H6/c1-9(2)12(10-5-3-7-13-10)11-6-4-8-14-11;1-2-3-5-8-11-9-6-4-7-10-11;1-4-7-9(6-3)8-5-2;1-2/h3,5,7,11-12H,1,4,6,8H2,2H3;4,6-7,9-10H,2-3,5,8H2,1H3;9H,4-8H2,1-3H3;1-2H3. The van der Waals surface area contributed by atoms with Gasteiger partial charge in [-0.05, 0) is 61.3 Å². The molecule has 36 heavy (non-hydrogen) atoms. The Balaban J connectivity index is 0.000000507. The first kappa shape index (κ1) is 35.0. The highest BCUT2D eigenvalue weighted by Crippen LogP contribution is 2.42. The summed E-state index contributed by atoms with van der Waals surface area (Å²) in [5.41, 5.74) is 2.80. The topological polar surface area (TPSA) is 0 Å². The summed E-state index contributed by atoms with van der Waals surface area (Å²) < 4.78 is 0. The summed E-state index contributed by atoms with van der Waals surface area (Å²) >= 11 is 3.99. The lowest BCUT2D eigenvalue weighted by atomic mass is 9.94. The van der Waals surface area contributed by atoms with E-state index < -0.39 is 0 Å². The Hall–Kier alpha value is -0.990. The number of hydrogen-bond donors (Lipinski definition) is 0. The molecular formula is C34H58S2. The summed E-state index contributed by atoms with van der Waals surface area (Å²) in [5.74, 6) is 2.95. The molecule has 2 heteroatoms. The fourth-order valence-electron chi connectivity index (χ4n) is 4.67. The molecule has 3 rings (SSSR count). The number of thioether (sulfide) groups is 1. The molecule has 0 spiro atoms. The molecule has 1 aromatic heterocycles. The lowest BCUT2D eigenvalue weighted by Crippen LogP contribution is -2.12. The van der Waals surface area contributed by atoms with Crippen molar-refractivity contribution in [3.05, 3.63) is 70.4 Å². The van der Waals surface area contributed by atoms with Crippen LogP contribution >= 0.6 is 23.1 Å². The van der Waals surface area contributed by atoms with Crippen LogP contribution in [-0.2, 0) is 6.42 Å². The zero-order valence-corrected chi connectivity index (χ0v) is 26.5. The first-order valence-corrected chi connectivity index (χ1v) is 16.8. The number of thiophene rings is 1. The minimum Gasteiger partial charge on any atom is -0.158 e. The van der Waals surface area contributed by atoms with Crippen LogP contribution in [0.1, 0.15) is 129 Å². The number of allylic oxidation sites excluding steroid dienone is 1.